The van der Waals surface area contributed by atoms with Crippen LogP contribution in [0.15, 0.2) is 22.0 Å². The first-order chi connectivity index (χ1) is 6.43. The van der Waals surface area contributed by atoms with Gasteiger partial charge in [-0.25, -0.2) is 0 Å². The number of carbonyl (C=O) groups excluding carboxylic acids is 2. The van der Waals surface area contributed by atoms with E-state index in [9.17, 15) is 9.59 Å². The number of allylic oxidation sites excluding steroid dienone is 1. The minimum Gasteiger partial charge on any atom is -0.294 e. The van der Waals surface area contributed by atoms with Crippen molar-refractivity contribution < 1.29 is 9.59 Å². The average Bonchev–Trinajstić information content (AvgIpc) is 2.42. The average molecular weight is 294 g/mol. The Bertz CT molecular complexity index is 422. The van der Waals surface area contributed by atoms with Crippen molar-refractivity contribution in [3.63, 3.8) is 0 Å². The molecule has 0 unspecified atom stereocenters. The van der Waals surface area contributed by atoms with Crippen molar-refractivity contribution in [1.82, 2.24) is 0 Å². The Kier molecular flexibility index (Phi) is 3.64. The van der Waals surface area contributed by atoms with Gasteiger partial charge in [0, 0.05) is 0 Å². The van der Waals surface area contributed by atoms with E-state index in [4.69, 9.17) is 11.6 Å². The monoisotopic (exact) mass is 292 g/mol. The molecule has 1 rings (SSSR count). The molecule has 2 nitrogen and oxygen atoms in total. The van der Waals surface area contributed by atoms with Gasteiger partial charge in [-0.1, -0.05) is 18.2 Å². The van der Waals surface area contributed by atoms with Crippen LogP contribution in [0.3, 0.4) is 0 Å². The second kappa shape index (κ2) is 4.38. The molecule has 0 aliphatic heterocycles. The summed E-state index contributed by atoms with van der Waals surface area (Å²) < 4.78 is 1.12. The minimum atomic E-state index is -0.413. The molecule has 1 heterocycles. The van der Waals surface area contributed by atoms with Crippen LogP contribution in [0.5, 0.6) is 0 Å². The number of ketones is 2. The maximum Gasteiger partial charge on any atom is 0.198 e. The third kappa shape index (κ3) is 2.32. The maximum absolute atomic E-state index is 11.6. The fourth-order valence-electron chi connectivity index (χ4n) is 0.818. The van der Waals surface area contributed by atoms with Gasteiger partial charge >= 0.3 is 0 Å². The molecular weight excluding hydrogens is 288 g/mol. The summed E-state index contributed by atoms with van der Waals surface area (Å²) in [5, 5.41) is 0. The van der Waals surface area contributed by atoms with Crippen LogP contribution in [0.2, 0.25) is 4.34 Å². The van der Waals surface area contributed by atoms with E-state index in [1.54, 1.807) is 6.07 Å². The van der Waals surface area contributed by atoms with Crippen molar-refractivity contribution in [3.8, 4) is 0 Å². The van der Waals surface area contributed by atoms with Crippen LogP contribution < -0.4 is 0 Å². The first-order valence-electron chi connectivity index (χ1n) is 3.63. The van der Waals surface area contributed by atoms with E-state index >= 15 is 0 Å². The van der Waals surface area contributed by atoms with Crippen LogP contribution in [0.4, 0.5) is 0 Å². The van der Waals surface area contributed by atoms with Gasteiger partial charge in [0.15, 0.2) is 11.6 Å². The standard InChI is InChI=1S/C9H6BrClO2S/c1-4(5(2)12)8(13)6-3-7(10)14-9(6)11/h3H,1H2,2H3. The van der Waals surface area contributed by atoms with Crippen LogP contribution in [-0.4, -0.2) is 11.6 Å². The summed E-state index contributed by atoms with van der Waals surface area (Å²) in [6, 6.07) is 1.59. The van der Waals surface area contributed by atoms with Crippen molar-refractivity contribution in [3.05, 3.63) is 31.9 Å². The van der Waals surface area contributed by atoms with Crippen LogP contribution >= 0.6 is 38.9 Å². The van der Waals surface area contributed by atoms with Crippen LogP contribution in [-0.2, 0) is 4.79 Å². The quantitative estimate of drug-likeness (QED) is 0.370. The number of Topliss-reactive ketones (excluding diaryl/α,β-unsaturated/α-hetero) is 2. The van der Waals surface area contributed by atoms with Crippen molar-refractivity contribution in [2.45, 2.75) is 6.92 Å². The Morgan fingerprint density at radius 2 is 2.14 bits per heavy atom. The van der Waals surface area contributed by atoms with Crippen LogP contribution in [0, 0.1) is 0 Å². The number of thiophene rings is 1. The van der Waals surface area contributed by atoms with E-state index < -0.39 is 5.78 Å². The lowest BCUT2D eigenvalue weighted by Crippen LogP contribution is -2.08. The smallest absolute Gasteiger partial charge is 0.198 e. The van der Waals surface area contributed by atoms with Gasteiger partial charge in [-0.3, -0.25) is 9.59 Å². The maximum atomic E-state index is 11.6. The second-order valence-corrected chi connectivity index (χ2v) is 5.64. The molecule has 14 heavy (non-hydrogen) atoms. The Labute approximate surface area is 98.7 Å². The highest BCUT2D eigenvalue weighted by atomic mass is 79.9. The van der Waals surface area contributed by atoms with Crippen LogP contribution in [0.1, 0.15) is 17.3 Å². The second-order valence-electron chi connectivity index (χ2n) is 2.60. The highest BCUT2D eigenvalue weighted by molar-refractivity contribution is 9.11. The van der Waals surface area contributed by atoms with Crippen LogP contribution in [0.25, 0.3) is 0 Å². The summed E-state index contributed by atoms with van der Waals surface area (Å²) in [6.07, 6.45) is 0. The summed E-state index contributed by atoms with van der Waals surface area (Å²) in [4.78, 5) is 22.5. The molecule has 0 saturated carbocycles. The molecule has 0 aliphatic carbocycles. The molecule has 0 N–H and O–H groups in total. The predicted molar refractivity (Wildman–Crippen MR) is 61.2 cm³/mol. The summed E-state index contributed by atoms with van der Waals surface area (Å²) >= 11 is 10.2. The highest BCUT2D eigenvalue weighted by Crippen LogP contribution is 2.32. The van der Waals surface area contributed by atoms with Gasteiger partial charge in [-0.15, -0.1) is 11.3 Å². The number of hydrogen-bond donors (Lipinski definition) is 0. The number of halogens is 2. The number of hydrogen-bond acceptors (Lipinski definition) is 3. The number of carbonyl (C=O) groups is 2. The van der Waals surface area contributed by atoms with Gasteiger partial charge in [0.2, 0.25) is 0 Å². The molecule has 0 radical (unpaired) electrons. The van der Waals surface area contributed by atoms with Gasteiger partial charge in [-0.05, 0) is 28.9 Å². The molecule has 0 amide bonds. The zero-order valence-corrected chi connectivity index (χ0v) is 10.4. The van der Waals surface area contributed by atoms with Gasteiger partial charge in [0.25, 0.3) is 0 Å². The molecule has 1 aromatic heterocycles. The zero-order valence-electron chi connectivity index (χ0n) is 7.27. The summed E-state index contributed by atoms with van der Waals surface area (Å²) in [6.45, 7) is 4.71. The molecule has 74 valence electrons. The van der Waals surface area contributed by atoms with E-state index in [0.717, 1.165) is 3.79 Å². The molecular formula is C9H6BrClO2S. The highest BCUT2D eigenvalue weighted by Gasteiger charge is 2.19. The van der Waals surface area contributed by atoms with Crippen molar-refractivity contribution in [1.29, 1.82) is 0 Å². The summed E-state index contributed by atoms with van der Waals surface area (Å²) in [7, 11) is 0. The Morgan fingerprint density at radius 3 is 2.50 bits per heavy atom. The molecule has 5 heteroatoms. The first-order valence-corrected chi connectivity index (χ1v) is 5.61. The minimum absolute atomic E-state index is 0.0443. The largest absolute Gasteiger partial charge is 0.294 e. The van der Waals surface area contributed by atoms with E-state index in [1.807, 2.05) is 0 Å². The van der Waals surface area contributed by atoms with Gasteiger partial charge in [0.1, 0.15) is 4.34 Å². The lowest BCUT2D eigenvalue weighted by Gasteiger charge is -1.97. The Hall–Kier alpha value is -0.450. The molecule has 0 bridgehead atoms. The summed E-state index contributed by atoms with van der Waals surface area (Å²) in [5.74, 6) is -0.752. The SMILES string of the molecule is C=C(C(C)=O)C(=O)c1cc(Br)sc1Cl. The van der Waals surface area contributed by atoms with Gasteiger partial charge < -0.3 is 0 Å². The zero-order chi connectivity index (χ0) is 10.9. The molecule has 0 aromatic carbocycles. The topological polar surface area (TPSA) is 34.1 Å². The molecule has 1 aromatic rings. The third-order valence-electron chi connectivity index (χ3n) is 1.60. The van der Waals surface area contributed by atoms with E-state index in [1.165, 1.54) is 18.3 Å². The third-order valence-corrected chi connectivity index (χ3v) is 3.46. The molecule has 0 aliphatic rings. The van der Waals surface area contributed by atoms with Gasteiger partial charge in [-0.2, -0.15) is 0 Å². The Balaban J connectivity index is 3.07. The molecule has 0 atom stereocenters. The van der Waals surface area contributed by atoms with Crippen molar-refractivity contribution in [2.75, 3.05) is 0 Å². The van der Waals surface area contributed by atoms with Crippen molar-refractivity contribution in [2.24, 2.45) is 0 Å². The fraction of sp³-hybridized carbons (Fsp3) is 0.111. The molecule has 0 fully saturated rings. The molecule has 0 saturated heterocycles. The predicted octanol–water partition coefficient (Wildman–Crippen LogP) is 3.49. The van der Waals surface area contributed by atoms with E-state index in [0.29, 0.717) is 9.90 Å². The van der Waals surface area contributed by atoms with E-state index in [-0.39, 0.29) is 11.4 Å². The van der Waals surface area contributed by atoms with Gasteiger partial charge in [0.05, 0.1) is 14.9 Å². The first kappa shape index (κ1) is 11.6. The number of rotatable bonds is 3. The normalized spacial score (nSPS) is 9.93. The lowest BCUT2D eigenvalue weighted by atomic mass is 10.1. The summed E-state index contributed by atoms with van der Waals surface area (Å²) in [5.41, 5.74) is 0.279. The lowest BCUT2D eigenvalue weighted by molar-refractivity contribution is -0.113. The van der Waals surface area contributed by atoms with Crippen molar-refractivity contribution >= 4 is 50.4 Å². The molecule has 0 spiro atoms. The Morgan fingerprint density at radius 1 is 1.57 bits per heavy atom. The fourth-order valence-corrected chi connectivity index (χ4v) is 2.81. The van der Waals surface area contributed by atoms with E-state index in [2.05, 4.69) is 22.5 Å².